The van der Waals surface area contributed by atoms with Gasteiger partial charge in [0.1, 0.15) is 0 Å². The third-order valence-electron chi connectivity index (χ3n) is 2.85. The highest BCUT2D eigenvalue weighted by molar-refractivity contribution is 5.82. The van der Waals surface area contributed by atoms with E-state index in [1.807, 2.05) is 29.9 Å². The SMILES string of the molecule is Cn1c(=O)c2c(CCN)cccc2n1C. The summed E-state index contributed by atoms with van der Waals surface area (Å²) in [5, 5.41) is 0.799. The Morgan fingerprint density at radius 3 is 2.67 bits per heavy atom. The lowest BCUT2D eigenvalue weighted by molar-refractivity contribution is 0.595. The smallest absolute Gasteiger partial charge is 0.274 e. The Labute approximate surface area is 87.9 Å². The molecule has 80 valence electrons. The van der Waals surface area contributed by atoms with Crippen molar-refractivity contribution in [2.24, 2.45) is 19.8 Å². The minimum absolute atomic E-state index is 0.0524. The lowest BCUT2D eigenvalue weighted by Crippen LogP contribution is -2.17. The van der Waals surface area contributed by atoms with E-state index in [1.165, 1.54) is 0 Å². The maximum absolute atomic E-state index is 11.9. The quantitative estimate of drug-likeness (QED) is 0.770. The van der Waals surface area contributed by atoms with E-state index in [2.05, 4.69) is 0 Å². The Morgan fingerprint density at radius 1 is 1.27 bits per heavy atom. The van der Waals surface area contributed by atoms with E-state index in [4.69, 9.17) is 5.73 Å². The van der Waals surface area contributed by atoms with Crippen LogP contribution in [0.15, 0.2) is 23.0 Å². The molecule has 0 atom stereocenters. The topological polar surface area (TPSA) is 52.9 Å². The normalized spacial score (nSPS) is 11.1. The molecule has 0 unspecified atom stereocenters. The van der Waals surface area contributed by atoms with Crippen molar-refractivity contribution in [2.75, 3.05) is 6.54 Å². The second kappa shape index (κ2) is 3.55. The Morgan fingerprint density at radius 2 is 2.00 bits per heavy atom. The molecule has 0 radical (unpaired) electrons. The molecule has 0 spiro atoms. The van der Waals surface area contributed by atoms with Crippen LogP contribution in [-0.4, -0.2) is 15.9 Å². The summed E-state index contributed by atoms with van der Waals surface area (Å²) in [6.45, 7) is 0.567. The highest BCUT2D eigenvalue weighted by Gasteiger charge is 2.10. The molecule has 2 rings (SSSR count). The maximum atomic E-state index is 11.9. The van der Waals surface area contributed by atoms with Crippen molar-refractivity contribution < 1.29 is 0 Å². The van der Waals surface area contributed by atoms with Crippen molar-refractivity contribution in [1.29, 1.82) is 0 Å². The van der Waals surface area contributed by atoms with Crippen LogP contribution < -0.4 is 11.3 Å². The van der Waals surface area contributed by atoms with Gasteiger partial charge in [-0.05, 0) is 24.6 Å². The molecule has 0 amide bonds. The highest BCUT2D eigenvalue weighted by atomic mass is 16.1. The molecule has 0 aliphatic heterocycles. The Balaban J connectivity index is 2.85. The van der Waals surface area contributed by atoms with Gasteiger partial charge in [0.25, 0.3) is 5.56 Å². The summed E-state index contributed by atoms with van der Waals surface area (Å²) in [5.41, 5.74) is 7.59. The largest absolute Gasteiger partial charge is 0.330 e. The molecular formula is C11H15N3O. The van der Waals surface area contributed by atoms with E-state index in [-0.39, 0.29) is 5.56 Å². The molecule has 0 bridgehead atoms. The van der Waals surface area contributed by atoms with Gasteiger partial charge in [0.2, 0.25) is 0 Å². The summed E-state index contributed by atoms with van der Waals surface area (Å²) < 4.78 is 3.47. The molecule has 0 aliphatic rings. The molecule has 2 aromatic rings. The van der Waals surface area contributed by atoms with Gasteiger partial charge in [0.15, 0.2) is 0 Å². The highest BCUT2D eigenvalue weighted by Crippen LogP contribution is 2.15. The fraction of sp³-hybridized carbons (Fsp3) is 0.364. The predicted molar refractivity (Wildman–Crippen MR) is 60.9 cm³/mol. The second-order valence-electron chi connectivity index (χ2n) is 3.70. The second-order valence-corrected chi connectivity index (χ2v) is 3.70. The number of nitrogens with zero attached hydrogens (tertiary/aromatic N) is 2. The fourth-order valence-electron chi connectivity index (χ4n) is 1.93. The van der Waals surface area contributed by atoms with E-state index >= 15 is 0 Å². The van der Waals surface area contributed by atoms with Gasteiger partial charge in [-0.1, -0.05) is 12.1 Å². The lowest BCUT2D eigenvalue weighted by Gasteiger charge is -2.01. The van der Waals surface area contributed by atoms with Crippen molar-refractivity contribution in [3.63, 3.8) is 0 Å². The molecule has 0 aliphatic carbocycles. The number of hydrogen-bond donors (Lipinski definition) is 1. The third kappa shape index (κ3) is 1.37. The predicted octanol–water partition coefficient (Wildman–Crippen LogP) is 0.378. The Hall–Kier alpha value is -1.55. The minimum Gasteiger partial charge on any atom is -0.330 e. The van der Waals surface area contributed by atoms with Gasteiger partial charge in [-0.2, -0.15) is 0 Å². The maximum Gasteiger partial charge on any atom is 0.274 e. The number of benzene rings is 1. The molecule has 1 heterocycles. The summed E-state index contributed by atoms with van der Waals surface area (Å²) >= 11 is 0. The summed E-state index contributed by atoms with van der Waals surface area (Å²) in [7, 11) is 3.66. The molecule has 4 nitrogen and oxygen atoms in total. The average Bonchev–Trinajstić information content (AvgIpc) is 2.46. The monoisotopic (exact) mass is 205 g/mol. The summed E-state index contributed by atoms with van der Waals surface area (Å²) in [6, 6.07) is 5.89. The van der Waals surface area contributed by atoms with E-state index < -0.39 is 0 Å². The van der Waals surface area contributed by atoms with Gasteiger partial charge < -0.3 is 5.73 Å². The number of fused-ring (bicyclic) bond motifs is 1. The van der Waals surface area contributed by atoms with Gasteiger partial charge in [-0.25, -0.2) is 0 Å². The van der Waals surface area contributed by atoms with Crippen LogP contribution in [-0.2, 0) is 20.5 Å². The van der Waals surface area contributed by atoms with E-state index in [0.717, 1.165) is 22.9 Å². The van der Waals surface area contributed by atoms with Crippen molar-refractivity contribution in [1.82, 2.24) is 9.36 Å². The van der Waals surface area contributed by atoms with Gasteiger partial charge >= 0.3 is 0 Å². The van der Waals surface area contributed by atoms with Crippen LogP contribution in [0, 0.1) is 0 Å². The number of aromatic nitrogens is 2. The lowest BCUT2D eigenvalue weighted by atomic mass is 10.1. The minimum atomic E-state index is 0.0524. The first-order valence-corrected chi connectivity index (χ1v) is 5.00. The van der Waals surface area contributed by atoms with Gasteiger partial charge in [0, 0.05) is 14.1 Å². The van der Waals surface area contributed by atoms with Crippen LogP contribution in [0.2, 0.25) is 0 Å². The van der Waals surface area contributed by atoms with Crippen LogP contribution in [0.1, 0.15) is 5.56 Å². The fourth-order valence-corrected chi connectivity index (χ4v) is 1.93. The third-order valence-corrected chi connectivity index (χ3v) is 2.85. The van der Waals surface area contributed by atoms with Crippen molar-refractivity contribution in [3.05, 3.63) is 34.1 Å². The molecule has 1 aromatic heterocycles. The van der Waals surface area contributed by atoms with Gasteiger partial charge in [0.05, 0.1) is 10.9 Å². The first-order valence-electron chi connectivity index (χ1n) is 5.00. The summed E-state index contributed by atoms with van der Waals surface area (Å²) in [5.74, 6) is 0. The van der Waals surface area contributed by atoms with E-state index in [0.29, 0.717) is 6.54 Å². The van der Waals surface area contributed by atoms with Crippen LogP contribution in [0.5, 0.6) is 0 Å². The summed E-state index contributed by atoms with van der Waals surface area (Å²) in [4.78, 5) is 11.9. The van der Waals surface area contributed by atoms with Gasteiger partial charge in [-0.15, -0.1) is 0 Å². The molecule has 0 fully saturated rings. The molecule has 1 aromatic carbocycles. The number of nitrogens with two attached hydrogens (primary N) is 1. The van der Waals surface area contributed by atoms with Crippen LogP contribution >= 0.6 is 0 Å². The van der Waals surface area contributed by atoms with Crippen molar-refractivity contribution in [2.45, 2.75) is 6.42 Å². The van der Waals surface area contributed by atoms with E-state index in [1.54, 1.807) is 11.7 Å². The zero-order valence-corrected chi connectivity index (χ0v) is 9.03. The van der Waals surface area contributed by atoms with Crippen molar-refractivity contribution in [3.8, 4) is 0 Å². The molecule has 0 saturated heterocycles. The first kappa shape index (κ1) is 9.98. The Bertz CT molecular complexity index is 551. The van der Waals surface area contributed by atoms with Gasteiger partial charge in [-0.3, -0.25) is 14.2 Å². The first-order chi connectivity index (χ1) is 7.16. The average molecular weight is 205 g/mol. The van der Waals surface area contributed by atoms with Crippen LogP contribution in [0.4, 0.5) is 0 Å². The number of hydrogen-bond acceptors (Lipinski definition) is 2. The van der Waals surface area contributed by atoms with Crippen molar-refractivity contribution >= 4 is 10.9 Å². The molecule has 2 N–H and O–H groups in total. The zero-order chi connectivity index (χ0) is 11.0. The summed E-state index contributed by atoms with van der Waals surface area (Å²) in [6.07, 6.45) is 0.747. The zero-order valence-electron chi connectivity index (χ0n) is 9.03. The molecule has 0 saturated carbocycles. The molecule has 4 heteroatoms. The van der Waals surface area contributed by atoms with Crippen LogP contribution in [0.3, 0.4) is 0 Å². The van der Waals surface area contributed by atoms with Crippen LogP contribution in [0.25, 0.3) is 10.9 Å². The number of rotatable bonds is 2. The molecule has 15 heavy (non-hydrogen) atoms. The molecular weight excluding hydrogens is 190 g/mol. The number of aryl methyl sites for hydroxylation is 1. The standard InChI is InChI=1S/C11H15N3O/c1-13-9-5-3-4-8(6-7-12)10(9)11(15)14(13)2/h3-5H,6-7,12H2,1-2H3. The Kier molecular flexibility index (Phi) is 2.36. The van der Waals surface area contributed by atoms with E-state index in [9.17, 15) is 4.79 Å².